The van der Waals surface area contributed by atoms with Crippen molar-refractivity contribution in [2.75, 3.05) is 11.9 Å². The fourth-order valence-electron chi connectivity index (χ4n) is 2.98. The van der Waals surface area contributed by atoms with Gasteiger partial charge in [-0.05, 0) is 17.7 Å². The van der Waals surface area contributed by atoms with Gasteiger partial charge in [0, 0.05) is 37.5 Å². The maximum Gasteiger partial charge on any atom is 0.416 e. The molecule has 4 aromatic rings. The van der Waals surface area contributed by atoms with Crippen molar-refractivity contribution >= 4 is 17.8 Å². The highest BCUT2D eigenvalue weighted by Gasteiger charge is 2.30. The third-order valence-corrected chi connectivity index (χ3v) is 4.44. The topological polar surface area (TPSA) is 79.2 Å². The van der Waals surface area contributed by atoms with Crippen LogP contribution < -0.4 is 4.90 Å². The number of rotatable bonds is 5. The van der Waals surface area contributed by atoms with Crippen LogP contribution in [0.4, 0.5) is 19.0 Å². The Hall–Kier alpha value is -3.69. The van der Waals surface area contributed by atoms with E-state index < -0.39 is 11.7 Å². The first kappa shape index (κ1) is 18.7. The number of nitrogens with one attached hydrogen (secondary N) is 1. The Morgan fingerprint density at radius 3 is 2.59 bits per heavy atom. The number of carbonyl (C=O) groups is 1. The molecule has 0 aliphatic rings. The minimum Gasteiger partial charge on any atom is -0.355 e. The molecule has 0 saturated carbocycles. The van der Waals surface area contributed by atoms with Gasteiger partial charge in [0.15, 0.2) is 11.9 Å². The van der Waals surface area contributed by atoms with Gasteiger partial charge in [0.1, 0.15) is 11.5 Å². The molecule has 0 radical (unpaired) electrons. The summed E-state index contributed by atoms with van der Waals surface area (Å²) < 4.78 is 39.8. The first-order chi connectivity index (χ1) is 13.8. The monoisotopic (exact) mass is 400 g/mol. The number of nitrogens with zero attached hydrogens (tertiary/aromatic N) is 5. The van der Waals surface area contributed by atoms with Crippen LogP contribution >= 0.6 is 0 Å². The number of hydrogen-bond acceptors (Lipinski definition) is 5. The highest BCUT2D eigenvalue weighted by Crippen LogP contribution is 2.30. The van der Waals surface area contributed by atoms with Crippen LogP contribution in [0.1, 0.15) is 21.6 Å². The van der Waals surface area contributed by atoms with E-state index in [0.717, 1.165) is 17.7 Å². The summed E-state index contributed by atoms with van der Waals surface area (Å²) in [6.07, 6.45) is -0.415. The molecule has 0 aliphatic heterocycles. The molecule has 4 rings (SSSR count). The Bertz CT molecular complexity index is 1150. The molecule has 1 aromatic carbocycles. The summed E-state index contributed by atoms with van der Waals surface area (Å²) in [6.45, 7) is 0.348. The van der Waals surface area contributed by atoms with E-state index in [-0.39, 0.29) is 5.69 Å². The maximum atomic E-state index is 12.7. The average molecular weight is 400 g/mol. The lowest BCUT2D eigenvalue weighted by molar-refractivity contribution is -0.137. The first-order valence-corrected chi connectivity index (χ1v) is 8.57. The second-order valence-corrected chi connectivity index (χ2v) is 6.49. The van der Waals surface area contributed by atoms with Gasteiger partial charge in [-0.2, -0.15) is 23.4 Å². The van der Waals surface area contributed by atoms with Gasteiger partial charge in [0.2, 0.25) is 0 Å². The molecular formula is C19H15F3N6O. The molecule has 0 fully saturated rings. The van der Waals surface area contributed by atoms with Crippen molar-refractivity contribution in [3.8, 4) is 11.3 Å². The third kappa shape index (κ3) is 3.68. The number of alkyl halides is 3. The van der Waals surface area contributed by atoms with Gasteiger partial charge >= 0.3 is 6.18 Å². The number of halogens is 3. The van der Waals surface area contributed by atoms with Crippen LogP contribution in [0.2, 0.25) is 0 Å². The Morgan fingerprint density at radius 2 is 1.97 bits per heavy atom. The summed E-state index contributed by atoms with van der Waals surface area (Å²) in [6, 6.07) is 8.35. The van der Waals surface area contributed by atoms with Crippen LogP contribution in [0.25, 0.3) is 16.9 Å². The van der Waals surface area contributed by atoms with Crippen LogP contribution in [0.3, 0.4) is 0 Å². The lowest BCUT2D eigenvalue weighted by atomic mass is 10.1. The number of aromatic nitrogens is 5. The average Bonchev–Trinajstić information content (AvgIpc) is 3.36. The zero-order valence-electron chi connectivity index (χ0n) is 15.2. The Kier molecular flexibility index (Phi) is 4.53. The summed E-state index contributed by atoms with van der Waals surface area (Å²) in [5, 5.41) is 10.9. The molecule has 0 spiro atoms. The molecular weight excluding hydrogens is 385 g/mol. The maximum absolute atomic E-state index is 12.7. The number of aromatic amines is 1. The highest BCUT2D eigenvalue weighted by atomic mass is 19.4. The summed E-state index contributed by atoms with van der Waals surface area (Å²) >= 11 is 0. The van der Waals surface area contributed by atoms with Crippen LogP contribution in [-0.2, 0) is 12.7 Å². The van der Waals surface area contributed by atoms with E-state index >= 15 is 0 Å². The normalized spacial score (nSPS) is 11.7. The summed E-state index contributed by atoms with van der Waals surface area (Å²) in [5.74, 6) is 0.575. The smallest absolute Gasteiger partial charge is 0.355 e. The molecule has 0 saturated heterocycles. The second-order valence-electron chi connectivity index (χ2n) is 6.49. The molecule has 3 aromatic heterocycles. The van der Waals surface area contributed by atoms with Crippen LogP contribution in [0, 0.1) is 0 Å². The van der Waals surface area contributed by atoms with Crippen molar-refractivity contribution in [1.82, 2.24) is 24.8 Å². The number of anilines is 1. The number of H-pyrrole nitrogens is 1. The van der Waals surface area contributed by atoms with E-state index in [9.17, 15) is 18.0 Å². The molecule has 0 aliphatic carbocycles. The molecule has 0 atom stereocenters. The number of carbonyl (C=O) groups excluding carboxylic acids is 1. The fourth-order valence-corrected chi connectivity index (χ4v) is 2.98. The predicted molar refractivity (Wildman–Crippen MR) is 99.5 cm³/mol. The Labute approximate surface area is 162 Å². The van der Waals surface area contributed by atoms with E-state index in [2.05, 4.69) is 20.3 Å². The molecule has 0 bridgehead atoms. The molecule has 1 N–H and O–H groups in total. The van der Waals surface area contributed by atoms with Crippen LogP contribution in [0.15, 0.2) is 48.8 Å². The second kappa shape index (κ2) is 7.04. The van der Waals surface area contributed by atoms with Gasteiger partial charge in [-0.15, -0.1) is 0 Å². The predicted octanol–water partition coefficient (Wildman–Crippen LogP) is 3.59. The van der Waals surface area contributed by atoms with Gasteiger partial charge in [-0.1, -0.05) is 12.1 Å². The molecule has 148 valence electrons. The minimum absolute atomic E-state index is 0.241. The molecule has 0 unspecified atom stereocenters. The van der Waals surface area contributed by atoms with E-state index in [4.69, 9.17) is 0 Å². The highest BCUT2D eigenvalue weighted by molar-refractivity contribution is 5.76. The van der Waals surface area contributed by atoms with E-state index in [1.165, 1.54) is 12.1 Å². The van der Waals surface area contributed by atoms with Gasteiger partial charge in [0.25, 0.3) is 0 Å². The molecule has 3 heterocycles. The van der Waals surface area contributed by atoms with Gasteiger partial charge in [-0.25, -0.2) is 9.50 Å². The quantitative estimate of drug-likeness (QED) is 0.518. The van der Waals surface area contributed by atoms with Gasteiger partial charge in [0.05, 0.1) is 17.5 Å². The number of aldehydes is 1. The minimum atomic E-state index is -4.37. The van der Waals surface area contributed by atoms with Crippen LogP contribution in [0.5, 0.6) is 0 Å². The molecule has 10 heteroatoms. The van der Waals surface area contributed by atoms with Crippen molar-refractivity contribution in [2.45, 2.75) is 12.7 Å². The summed E-state index contributed by atoms with van der Waals surface area (Å²) in [7, 11) is 1.78. The van der Waals surface area contributed by atoms with Crippen molar-refractivity contribution in [3.63, 3.8) is 0 Å². The summed E-state index contributed by atoms with van der Waals surface area (Å²) in [4.78, 5) is 17.4. The fraction of sp³-hybridized carbons (Fsp3) is 0.158. The molecule has 7 nitrogen and oxygen atoms in total. The third-order valence-electron chi connectivity index (χ3n) is 4.44. The Morgan fingerprint density at radius 1 is 1.21 bits per heavy atom. The lowest BCUT2D eigenvalue weighted by Crippen LogP contribution is -2.18. The largest absolute Gasteiger partial charge is 0.416 e. The van der Waals surface area contributed by atoms with E-state index in [1.54, 1.807) is 41.0 Å². The lowest BCUT2D eigenvalue weighted by Gasteiger charge is -2.20. The van der Waals surface area contributed by atoms with E-state index in [1.807, 2.05) is 0 Å². The van der Waals surface area contributed by atoms with Crippen molar-refractivity contribution in [2.24, 2.45) is 0 Å². The van der Waals surface area contributed by atoms with Gasteiger partial charge < -0.3 is 4.90 Å². The van der Waals surface area contributed by atoms with Crippen molar-refractivity contribution in [1.29, 1.82) is 0 Å². The zero-order chi connectivity index (χ0) is 20.6. The van der Waals surface area contributed by atoms with Crippen LogP contribution in [-0.4, -0.2) is 38.1 Å². The standard InChI is InChI=1S/C19H15F3N6O/c1-27(10-12-2-4-14(5-3-12)19(20,21)22)17-7-16(13-8-23-24-9-13)28-18(25-17)6-15(11-29)26-28/h2-9,11H,10H2,1H3,(H,23,24). The van der Waals surface area contributed by atoms with E-state index in [0.29, 0.717) is 35.6 Å². The molecule has 29 heavy (non-hydrogen) atoms. The first-order valence-electron chi connectivity index (χ1n) is 8.57. The Balaban J connectivity index is 1.68. The van der Waals surface area contributed by atoms with Gasteiger partial charge in [-0.3, -0.25) is 9.89 Å². The molecule has 0 amide bonds. The summed E-state index contributed by atoms with van der Waals surface area (Å²) in [5.41, 5.74) is 2.15. The number of hydrogen-bond donors (Lipinski definition) is 1. The zero-order valence-corrected chi connectivity index (χ0v) is 15.2. The van der Waals surface area contributed by atoms with Crippen molar-refractivity contribution in [3.05, 3.63) is 65.6 Å². The SMILES string of the molecule is CN(Cc1ccc(C(F)(F)F)cc1)c1cc(-c2cn[nH]c2)n2nc(C=O)cc2n1. The van der Waals surface area contributed by atoms with Crippen molar-refractivity contribution < 1.29 is 18.0 Å². The number of benzene rings is 1. The number of fused-ring (bicyclic) bond motifs is 1.